The number of likely N-dealkylation sites (N-methyl/N-ethyl adjacent to an activating group) is 1. The van der Waals surface area contributed by atoms with E-state index < -0.39 is 10.0 Å². The van der Waals surface area contributed by atoms with Gasteiger partial charge in [0.2, 0.25) is 15.9 Å². The average Bonchev–Trinajstić information content (AvgIpc) is 2.64. The summed E-state index contributed by atoms with van der Waals surface area (Å²) >= 11 is 0. The number of anilines is 1. The van der Waals surface area contributed by atoms with E-state index in [2.05, 4.69) is 22.2 Å². The van der Waals surface area contributed by atoms with E-state index in [9.17, 15) is 13.2 Å². The van der Waals surface area contributed by atoms with Crippen LogP contribution in [0.25, 0.3) is 0 Å². The van der Waals surface area contributed by atoms with Gasteiger partial charge in [0.1, 0.15) is 0 Å². The molecule has 7 nitrogen and oxygen atoms in total. The van der Waals surface area contributed by atoms with Crippen molar-refractivity contribution in [3.05, 3.63) is 23.8 Å². The fraction of sp³-hybridized carbons (Fsp3) is 0.632. The molecule has 1 N–H and O–H groups in total. The fourth-order valence-electron chi connectivity index (χ4n) is 3.28. The van der Waals surface area contributed by atoms with Crippen molar-refractivity contribution in [2.24, 2.45) is 0 Å². The van der Waals surface area contributed by atoms with Gasteiger partial charge in [-0.05, 0) is 38.6 Å². The summed E-state index contributed by atoms with van der Waals surface area (Å²) in [7, 11) is -1.50. The number of hydrogen-bond donors (Lipinski definition) is 1. The van der Waals surface area contributed by atoms with E-state index in [1.165, 1.54) is 4.31 Å². The number of rotatable bonds is 7. The van der Waals surface area contributed by atoms with Crippen LogP contribution in [0.1, 0.15) is 26.3 Å². The van der Waals surface area contributed by atoms with Crippen LogP contribution in [0, 0.1) is 6.92 Å². The van der Waals surface area contributed by atoms with Crippen molar-refractivity contribution in [2.75, 3.05) is 51.6 Å². The zero-order chi connectivity index (χ0) is 20.2. The number of amides is 1. The number of hydrogen-bond acceptors (Lipinski definition) is 5. The van der Waals surface area contributed by atoms with E-state index in [0.717, 1.165) is 26.2 Å². The third kappa shape index (κ3) is 5.07. The largest absolute Gasteiger partial charge is 0.325 e. The average molecular weight is 397 g/mol. The van der Waals surface area contributed by atoms with Gasteiger partial charge >= 0.3 is 0 Å². The topological polar surface area (TPSA) is 73.0 Å². The van der Waals surface area contributed by atoms with Gasteiger partial charge in [0.05, 0.1) is 10.9 Å². The predicted octanol–water partition coefficient (Wildman–Crippen LogP) is 1.60. The molecule has 2 rings (SSSR count). The van der Waals surface area contributed by atoms with Gasteiger partial charge in [-0.15, -0.1) is 0 Å². The highest BCUT2D eigenvalue weighted by molar-refractivity contribution is 7.89. The summed E-state index contributed by atoms with van der Waals surface area (Å²) in [6, 6.07) is 4.80. The molecule has 1 saturated heterocycles. The van der Waals surface area contributed by atoms with Crippen LogP contribution in [0.4, 0.5) is 5.69 Å². The first kappa shape index (κ1) is 21.8. The van der Waals surface area contributed by atoms with Crippen LogP contribution < -0.4 is 5.32 Å². The van der Waals surface area contributed by atoms with E-state index in [1.807, 2.05) is 20.8 Å². The molecule has 1 aromatic rings. The Bertz CT molecular complexity index is 754. The molecule has 27 heavy (non-hydrogen) atoms. The van der Waals surface area contributed by atoms with E-state index in [0.29, 0.717) is 24.3 Å². The second kappa shape index (κ2) is 9.14. The predicted molar refractivity (Wildman–Crippen MR) is 108 cm³/mol. The van der Waals surface area contributed by atoms with Crippen molar-refractivity contribution in [3.8, 4) is 0 Å². The number of aryl methyl sites for hydroxylation is 1. The molecule has 1 amide bonds. The molecule has 8 heteroatoms. The van der Waals surface area contributed by atoms with Crippen LogP contribution in [0.3, 0.4) is 0 Å². The van der Waals surface area contributed by atoms with Crippen LogP contribution in [0.5, 0.6) is 0 Å². The molecule has 0 aliphatic carbocycles. The lowest BCUT2D eigenvalue weighted by molar-refractivity contribution is -0.121. The van der Waals surface area contributed by atoms with Crippen molar-refractivity contribution >= 4 is 21.6 Å². The van der Waals surface area contributed by atoms with Crippen LogP contribution in [-0.4, -0.2) is 80.8 Å². The van der Waals surface area contributed by atoms with Crippen molar-refractivity contribution in [1.82, 2.24) is 14.1 Å². The minimum Gasteiger partial charge on any atom is -0.325 e. The lowest BCUT2D eigenvalue weighted by atomic mass is 10.2. The normalized spacial score (nSPS) is 17.9. The van der Waals surface area contributed by atoms with Gasteiger partial charge in [0, 0.05) is 45.0 Å². The number of piperazine rings is 1. The molecule has 0 saturated carbocycles. The smallest absolute Gasteiger partial charge is 0.243 e. The van der Waals surface area contributed by atoms with Crippen molar-refractivity contribution in [3.63, 3.8) is 0 Å². The molecule has 0 unspecified atom stereocenters. The van der Waals surface area contributed by atoms with Crippen LogP contribution >= 0.6 is 0 Å². The third-order valence-electron chi connectivity index (χ3n) is 5.24. The summed E-state index contributed by atoms with van der Waals surface area (Å²) in [6.07, 6.45) is 0. The van der Waals surface area contributed by atoms with E-state index >= 15 is 0 Å². The highest BCUT2D eigenvalue weighted by atomic mass is 32.2. The number of sulfonamides is 1. The minimum atomic E-state index is -3.57. The summed E-state index contributed by atoms with van der Waals surface area (Å²) in [5.74, 6) is -0.116. The van der Waals surface area contributed by atoms with E-state index in [4.69, 9.17) is 0 Å². The summed E-state index contributed by atoms with van der Waals surface area (Å²) in [4.78, 5) is 17.3. The minimum absolute atomic E-state index is 0.116. The second-order valence-electron chi connectivity index (χ2n) is 7.07. The Hall–Kier alpha value is -1.48. The number of nitrogens with zero attached hydrogens (tertiary/aromatic N) is 3. The lowest BCUT2D eigenvalue weighted by Gasteiger charge is -2.35. The molecule has 0 aromatic heterocycles. The van der Waals surface area contributed by atoms with Crippen molar-refractivity contribution < 1.29 is 13.2 Å². The SMILES string of the molecule is CCN(CC)S(=O)(=O)c1cc(NC(=O)[C@H](C)N2CCN(C)CC2)ccc1C. The Morgan fingerprint density at radius 2 is 1.78 bits per heavy atom. The Kier molecular flexibility index (Phi) is 7.39. The zero-order valence-electron chi connectivity index (χ0n) is 17.0. The Labute approximate surface area is 163 Å². The Balaban J connectivity index is 2.17. The third-order valence-corrected chi connectivity index (χ3v) is 7.44. The summed E-state index contributed by atoms with van der Waals surface area (Å²) < 4.78 is 27.2. The van der Waals surface area contributed by atoms with Gasteiger partial charge in [0.15, 0.2) is 0 Å². The lowest BCUT2D eigenvalue weighted by Crippen LogP contribution is -2.51. The quantitative estimate of drug-likeness (QED) is 0.758. The van der Waals surface area contributed by atoms with Crippen molar-refractivity contribution in [2.45, 2.75) is 38.6 Å². The fourth-order valence-corrected chi connectivity index (χ4v) is 4.99. The second-order valence-corrected chi connectivity index (χ2v) is 8.98. The first-order chi connectivity index (χ1) is 12.7. The maximum absolute atomic E-state index is 12.9. The summed E-state index contributed by atoms with van der Waals surface area (Å²) in [5, 5.41) is 2.89. The first-order valence-electron chi connectivity index (χ1n) is 9.55. The van der Waals surface area contributed by atoms with E-state index in [-0.39, 0.29) is 16.8 Å². The van der Waals surface area contributed by atoms with Gasteiger partial charge in [-0.3, -0.25) is 9.69 Å². The monoisotopic (exact) mass is 396 g/mol. The molecule has 1 atom stereocenters. The highest BCUT2D eigenvalue weighted by Crippen LogP contribution is 2.24. The molecule has 152 valence electrons. The molecule has 1 heterocycles. The Morgan fingerprint density at radius 3 is 2.33 bits per heavy atom. The zero-order valence-corrected chi connectivity index (χ0v) is 17.8. The summed E-state index contributed by atoms with van der Waals surface area (Å²) in [6.45, 7) is 11.7. The van der Waals surface area contributed by atoms with E-state index in [1.54, 1.807) is 25.1 Å². The van der Waals surface area contributed by atoms with Gasteiger partial charge < -0.3 is 10.2 Å². The number of benzene rings is 1. The molecule has 1 fully saturated rings. The van der Waals surface area contributed by atoms with Gasteiger partial charge in [-0.2, -0.15) is 4.31 Å². The number of carbonyl (C=O) groups excluding carboxylic acids is 1. The van der Waals surface area contributed by atoms with Crippen LogP contribution in [0.15, 0.2) is 23.1 Å². The van der Waals surface area contributed by atoms with Crippen LogP contribution in [-0.2, 0) is 14.8 Å². The van der Waals surface area contributed by atoms with Crippen molar-refractivity contribution in [1.29, 1.82) is 0 Å². The Morgan fingerprint density at radius 1 is 1.19 bits per heavy atom. The molecule has 0 radical (unpaired) electrons. The standard InChI is InChI=1S/C19H32N4O3S/c1-6-23(7-2)27(25,26)18-14-17(9-8-15(18)3)20-19(24)16(4)22-12-10-21(5)11-13-22/h8-9,14,16H,6-7,10-13H2,1-5H3,(H,20,24)/t16-/m0/s1. The van der Waals surface area contributed by atoms with Gasteiger partial charge in [0.25, 0.3) is 0 Å². The summed E-state index contributed by atoms with van der Waals surface area (Å²) in [5.41, 5.74) is 1.18. The molecular weight excluding hydrogens is 364 g/mol. The number of carbonyl (C=O) groups is 1. The molecule has 1 aliphatic rings. The molecular formula is C19H32N4O3S. The maximum atomic E-state index is 12.9. The number of nitrogens with one attached hydrogen (secondary N) is 1. The molecule has 0 bridgehead atoms. The molecule has 1 aliphatic heterocycles. The van der Waals surface area contributed by atoms with Gasteiger partial charge in [-0.25, -0.2) is 8.42 Å². The molecule has 0 spiro atoms. The van der Waals surface area contributed by atoms with Gasteiger partial charge in [-0.1, -0.05) is 19.9 Å². The molecule has 1 aromatic carbocycles. The first-order valence-corrected chi connectivity index (χ1v) is 11.0. The maximum Gasteiger partial charge on any atom is 0.243 e. The van der Waals surface area contributed by atoms with Crippen LogP contribution in [0.2, 0.25) is 0 Å². The highest BCUT2D eigenvalue weighted by Gasteiger charge is 2.26.